The Morgan fingerprint density at radius 1 is 1.00 bits per heavy atom. The second-order valence-electron chi connectivity index (χ2n) is 2.95. The molecule has 0 unspecified atom stereocenters. The Kier molecular flexibility index (Phi) is 4.93. The maximum absolute atomic E-state index is 2.29. The fourth-order valence-electron chi connectivity index (χ4n) is 1.15. The highest BCUT2D eigenvalue weighted by atomic mass is 14.1. The first-order chi connectivity index (χ1) is 5.20. The van der Waals surface area contributed by atoms with Crippen LogP contribution in [0, 0.1) is 0 Å². The predicted octanol–water partition coefficient (Wildman–Crippen LogP) is 4.09. The van der Waals surface area contributed by atoms with Crippen LogP contribution in [0.25, 0.3) is 0 Å². The molecule has 0 aromatic rings. The summed E-state index contributed by atoms with van der Waals surface area (Å²) in [6, 6.07) is 0. The van der Waals surface area contributed by atoms with E-state index in [1.54, 1.807) is 5.57 Å². The van der Waals surface area contributed by atoms with Crippen molar-refractivity contribution in [2.24, 2.45) is 0 Å². The van der Waals surface area contributed by atoms with Crippen molar-refractivity contribution in [3.8, 4) is 0 Å². The highest BCUT2D eigenvalue weighted by Crippen LogP contribution is 2.22. The van der Waals surface area contributed by atoms with Crippen LogP contribution in [0.3, 0.4) is 0 Å². The van der Waals surface area contributed by atoms with Gasteiger partial charge in [0.1, 0.15) is 0 Å². The minimum atomic E-state index is 1.27. The number of rotatable bonds is 0. The lowest BCUT2D eigenvalue weighted by Gasteiger charge is -2.11. The first-order valence-electron chi connectivity index (χ1n) is 4.53. The molecule has 1 rings (SSSR count). The average Bonchev–Trinajstić information content (AvgIpc) is 2.02. The normalized spacial score (nSPS) is 17.0. The lowest BCUT2D eigenvalue weighted by molar-refractivity contribution is 0.887. The van der Waals surface area contributed by atoms with Crippen LogP contribution in [0.15, 0.2) is 22.8 Å². The van der Waals surface area contributed by atoms with E-state index in [4.69, 9.17) is 0 Å². The van der Waals surface area contributed by atoms with Gasteiger partial charge in [0.2, 0.25) is 0 Å². The summed E-state index contributed by atoms with van der Waals surface area (Å²) in [5.41, 5.74) is 4.55. The molecule has 0 fully saturated rings. The fraction of sp³-hybridized carbons (Fsp3) is 0.636. The van der Waals surface area contributed by atoms with Gasteiger partial charge in [0.25, 0.3) is 0 Å². The van der Waals surface area contributed by atoms with E-state index in [0.29, 0.717) is 0 Å². The Hall–Kier alpha value is -0.520. The van der Waals surface area contributed by atoms with E-state index in [0.717, 1.165) is 0 Å². The molecule has 0 saturated heterocycles. The Morgan fingerprint density at radius 3 is 1.91 bits per heavy atom. The largest absolute Gasteiger partial charge is 0.0727 e. The zero-order chi connectivity index (χ0) is 8.85. The van der Waals surface area contributed by atoms with E-state index in [1.165, 1.54) is 24.0 Å². The Balaban J connectivity index is 0.000000461. The van der Waals surface area contributed by atoms with Gasteiger partial charge in [-0.2, -0.15) is 0 Å². The van der Waals surface area contributed by atoms with E-state index in [-0.39, 0.29) is 0 Å². The quantitative estimate of drug-likeness (QED) is 0.490. The lowest BCUT2D eigenvalue weighted by atomic mass is 9.95. The summed E-state index contributed by atoms with van der Waals surface area (Å²) in [5, 5.41) is 0. The smallest absolute Gasteiger partial charge is 0.0280 e. The van der Waals surface area contributed by atoms with Gasteiger partial charge in [-0.25, -0.2) is 0 Å². The summed E-state index contributed by atoms with van der Waals surface area (Å²) in [6.07, 6.45) is 4.83. The monoisotopic (exact) mass is 152 g/mol. The molecular formula is C11H20. The van der Waals surface area contributed by atoms with Crippen LogP contribution in [0.4, 0.5) is 0 Å². The lowest BCUT2D eigenvalue weighted by Crippen LogP contribution is -1.91. The first-order valence-corrected chi connectivity index (χ1v) is 4.53. The average molecular weight is 152 g/mol. The maximum Gasteiger partial charge on any atom is -0.0280 e. The Morgan fingerprint density at radius 2 is 1.55 bits per heavy atom. The van der Waals surface area contributed by atoms with Crippen molar-refractivity contribution in [1.29, 1.82) is 0 Å². The predicted molar refractivity (Wildman–Crippen MR) is 52.7 cm³/mol. The molecule has 0 aliphatic heterocycles. The summed E-state index contributed by atoms with van der Waals surface area (Å²) < 4.78 is 0. The third-order valence-corrected chi connectivity index (χ3v) is 2.03. The zero-order valence-electron chi connectivity index (χ0n) is 8.49. The van der Waals surface area contributed by atoms with Gasteiger partial charge in [-0.3, -0.25) is 0 Å². The van der Waals surface area contributed by atoms with Crippen molar-refractivity contribution in [2.45, 2.75) is 47.5 Å². The van der Waals surface area contributed by atoms with Crippen molar-refractivity contribution in [3.05, 3.63) is 22.8 Å². The molecule has 0 heterocycles. The van der Waals surface area contributed by atoms with Crippen molar-refractivity contribution in [2.75, 3.05) is 0 Å². The molecule has 1 aliphatic rings. The fourth-order valence-corrected chi connectivity index (χ4v) is 1.15. The van der Waals surface area contributed by atoms with Gasteiger partial charge < -0.3 is 0 Å². The third-order valence-electron chi connectivity index (χ3n) is 2.03. The second-order valence-corrected chi connectivity index (χ2v) is 2.95. The van der Waals surface area contributed by atoms with Crippen LogP contribution >= 0.6 is 0 Å². The van der Waals surface area contributed by atoms with Crippen LogP contribution in [0.2, 0.25) is 0 Å². The summed E-state index contributed by atoms with van der Waals surface area (Å²) in [6.45, 7) is 10.6. The van der Waals surface area contributed by atoms with Gasteiger partial charge in [-0.15, -0.1) is 0 Å². The van der Waals surface area contributed by atoms with Crippen LogP contribution < -0.4 is 0 Å². The van der Waals surface area contributed by atoms with E-state index in [9.17, 15) is 0 Å². The molecule has 0 heteroatoms. The van der Waals surface area contributed by atoms with Crippen LogP contribution in [-0.2, 0) is 0 Å². The molecule has 0 spiro atoms. The highest BCUT2D eigenvalue weighted by molar-refractivity contribution is 5.29. The second kappa shape index (κ2) is 5.17. The van der Waals surface area contributed by atoms with E-state index in [2.05, 4.69) is 26.8 Å². The molecule has 0 aromatic carbocycles. The van der Waals surface area contributed by atoms with Crippen molar-refractivity contribution >= 4 is 0 Å². The summed E-state index contributed by atoms with van der Waals surface area (Å²) in [5.74, 6) is 0. The summed E-state index contributed by atoms with van der Waals surface area (Å²) in [4.78, 5) is 0. The number of hydrogen-bond acceptors (Lipinski definition) is 0. The van der Waals surface area contributed by atoms with Crippen molar-refractivity contribution in [1.82, 2.24) is 0 Å². The molecule has 0 nitrogen and oxygen atoms in total. The minimum absolute atomic E-state index is 1.27. The maximum atomic E-state index is 2.29. The van der Waals surface area contributed by atoms with Gasteiger partial charge in [-0.05, 0) is 33.6 Å². The van der Waals surface area contributed by atoms with E-state index < -0.39 is 0 Å². The van der Waals surface area contributed by atoms with Crippen molar-refractivity contribution < 1.29 is 0 Å². The molecule has 0 saturated carbocycles. The standard InChI is InChI=1S/C9H14.C2H6/c1-7-4-5-8(2)9(3)6-7;1-2/h6H,4-5H2,1-3H3;1-2H3. The molecular weight excluding hydrogens is 132 g/mol. The van der Waals surface area contributed by atoms with E-state index in [1.807, 2.05) is 13.8 Å². The molecule has 0 aromatic heterocycles. The molecule has 0 radical (unpaired) electrons. The Labute approximate surface area is 71.0 Å². The highest BCUT2D eigenvalue weighted by Gasteiger charge is 2.01. The summed E-state index contributed by atoms with van der Waals surface area (Å²) >= 11 is 0. The number of hydrogen-bond donors (Lipinski definition) is 0. The van der Waals surface area contributed by atoms with Crippen molar-refractivity contribution in [3.63, 3.8) is 0 Å². The minimum Gasteiger partial charge on any atom is -0.0727 e. The van der Waals surface area contributed by atoms with E-state index >= 15 is 0 Å². The van der Waals surface area contributed by atoms with Gasteiger partial charge in [-0.1, -0.05) is 36.6 Å². The topological polar surface area (TPSA) is 0 Å². The third kappa shape index (κ3) is 3.41. The molecule has 0 bridgehead atoms. The van der Waals surface area contributed by atoms with Crippen LogP contribution in [0.5, 0.6) is 0 Å². The zero-order valence-corrected chi connectivity index (χ0v) is 8.49. The molecule has 0 atom stereocenters. The molecule has 1 aliphatic carbocycles. The van der Waals surface area contributed by atoms with Crippen LogP contribution in [-0.4, -0.2) is 0 Å². The van der Waals surface area contributed by atoms with Gasteiger partial charge in [0.05, 0.1) is 0 Å². The van der Waals surface area contributed by atoms with Gasteiger partial charge in [0, 0.05) is 0 Å². The van der Waals surface area contributed by atoms with Gasteiger partial charge >= 0.3 is 0 Å². The summed E-state index contributed by atoms with van der Waals surface area (Å²) in [7, 11) is 0. The molecule has 0 amide bonds. The SMILES string of the molecule is CC.CC1=CC(C)=C(C)CC1. The molecule has 0 N–H and O–H groups in total. The first kappa shape index (κ1) is 10.5. The molecule has 64 valence electrons. The van der Waals surface area contributed by atoms with Gasteiger partial charge in [0.15, 0.2) is 0 Å². The molecule has 11 heavy (non-hydrogen) atoms. The Bertz CT molecular complexity index is 170. The number of allylic oxidation sites excluding steroid dienone is 4. The van der Waals surface area contributed by atoms with Crippen LogP contribution in [0.1, 0.15) is 47.5 Å².